The van der Waals surface area contributed by atoms with Gasteiger partial charge in [-0.2, -0.15) is 4.98 Å². The summed E-state index contributed by atoms with van der Waals surface area (Å²) in [5.74, 6) is 0.483. The fraction of sp³-hybridized carbons (Fsp3) is 0.667. The number of rotatable bonds is 9. The van der Waals surface area contributed by atoms with Gasteiger partial charge in [0.15, 0.2) is 0 Å². The zero-order chi connectivity index (χ0) is 25.1. The monoisotopic (exact) mass is 497 g/mol. The van der Waals surface area contributed by atoms with Gasteiger partial charge in [-0.25, -0.2) is 14.2 Å². The minimum atomic E-state index is -0.436. The highest BCUT2D eigenvalue weighted by atomic mass is 16.5. The van der Waals surface area contributed by atoms with Gasteiger partial charge in [0.25, 0.3) is 0 Å². The van der Waals surface area contributed by atoms with Gasteiger partial charge >= 0.3 is 11.4 Å². The van der Waals surface area contributed by atoms with Gasteiger partial charge in [0.2, 0.25) is 0 Å². The van der Waals surface area contributed by atoms with Crippen molar-refractivity contribution in [3.8, 4) is 0 Å². The van der Waals surface area contributed by atoms with Gasteiger partial charge < -0.3 is 14.4 Å². The lowest BCUT2D eigenvalue weighted by Gasteiger charge is -2.39. The Labute approximate surface area is 212 Å². The Kier molecular flexibility index (Phi) is 7.88. The van der Waals surface area contributed by atoms with E-state index in [9.17, 15) is 9.59 Å². The van der Waals surface area contributed by atoms with Crippen LogP contribution in [-0.4, -0.2) is 70.1 Å². The molecule has 0 radical (unpaired) electrons. The van der Waals surface area contributed by atoms with Gasteiger partial charge in [0, 0.05) is 56.1 Å². The molecule has 4 heterocycles. The van der Waals surface area contributed by atoms with Crippen molar-refractivity contribution in [3.63, 3.8) is 0 Å². The van der Waals surface area contributed by atoms with E-state index in [0.29, 0.717) is 37.6 Å². The van der Waals surface area contributed by atoms with Crippen molar-refractivity contribution in [3.05, 3.63) is 56.6 Å². The number of aryl methyl sites for hydroxylation is 1. The van der Waals surface area contributed by atoms with Crippen LogP contribution in [0.25, 0.3) is 0 Å². The van der Waals surface area contributed by atoms with Crippen LogP contribution in [0.5, 0.6) is 0 Å². The third-order valence-electron chi connectivity index (χ3n) is 8.11. The van der Waals surface area contributed by atoms with Crippen LogP contribution >= 0.6 is 0 Å². The second-order valence-corrected chi connectivity index (χ2v) is 10.2. The number of anilines is 1. The summed E-state index contributed by atoms with van der Waals surface area (Å²) < 4.78 is 14.9. The van der Waals surface area contributed by atoms with Crippen LogP contribution in [0.1, 0.15) is 50.4 Å². The molecule has 2 aromatic rings. The number of hydrogen-bond donors (Lipinski definition) is 0. The lowest BCUT2D eigenvalue weighted by molar-refractivity contribution is -0.0285. The predicted octanol–water partition coefficient (Wildman–Crippen LogP) is 2.17. The molecule has 9 nitrogen and oxygen atoms in total. The number of ether oxygens (including phenoxy) is 2. The van der Waals surface area contributed by atoms with Crippen LogP contribution in [0.4, 0.5) is 5.69 Å². The molecule has 3 saturated heterocycles. The summed E-state index contributed by atoms with van der Waals surface area (Å²) in [5, 5.41) is 0. The van der Waals surface area contributed by atoms with Crippen molar-refractivity contribution in [2.75, 3.05) is 37.7 Å². The largest absolute Gasteiger partial charge is 0.378 e. The molecular formula is C27H39N5O4. The Morgan fingerprint density at radius 3 is 2.47 bits per heavy atom. The second kappa shape index (κ2) is 11.3. The quantitative estimate of drug-likeness (QED) is 0.525. The first kappa shape index (κ1) is 25.2. The number of para-hydroxylation sites is 1. The molecule has 2 unspecified atom stereocenters. The Morgan fingerprint density at radius 2 is 1.75 bits per heavy atom. The molecule has 0 amide bonds. The lowest BCUT2D eigenvalue weighted by Crippen LogP contribution is -2.47. The molecule has 0 spiro atoms. The Balaban J connectivity index is 1.15. The van der Waals surface area contributed by atoms with Crippen molar-refractivity contribution >= 4 is 5.69 Å². The van der Waals surface area contributed by atoms with Gasteiger partial charge in [0.05, 0.1) is 25.9 Å². The van der Waals surface area contributed by atoms with Gasteiger partial charge in [-0.15, -0.1) is 0 Å². The third-order valence-corrected chi connectivity index (χ3v) is 8.11. The third kappa shape index (κ3) is 5.28. The molecule has 0 N–H and O–H groups in total. The maximum atomic E-state index is 12.7. The molecule has 0 saturated carbocycles. The topological polar surface area (TPSA) is 81.8 Å². The highest BCUT2D eigenvalue weighted by Crippen LogP contribution is 2.37. The maximum absolute atomic E-state index is 12.7. The molecular weight excluding hydrogens is 458 g/mol. The van der Waals surface area contributed by atoms with Gasteiger partial charge in [-0.05, 0) is 52.0 Å². The highest BCUT2D eigenvalue weighted by molar-refractivity contribution is 5.53. The Morgan fingerprint density at radius 1 is 1.03 bits per heavy atom. The molecule has 2 atom stereocenters. The fourth-order valence-corrected chi connectivity index (χ4v) is 6.27. The number of hydrogen-bond acceptors (Lipinski definition) is 7. The molecule has 196 valence electrons. The lowest BCUT2D eigenvalue weighted by atomic mass is 9.99. The van der Waals surface area contributed by atoms with E-state index in [-0.39, 0.29) is 11.8 Å². The van der Waals surface area contributed by atoms with E-state index in [0.717, 1.165) is 52.1 Å². The minimum Gasteiger partial charge on any atom is -0.378 e. The van der Waals surface area contributed by atoms with Crippen LogP contribution in [0.3, 0.4) is 0 Å². The van der Waals surface area contributed by atoms with Gasteiger partial charge in [-0.1, -0.05) is 18.2 Å². The van der Waals surface area contributed by atoms with Crippen LogP contribution in [0.2, 0.25) is 0 Å². The molecule has 3 aliphatic heterocycles. The summed E-state index contributed by atoms with van der Waals surface area (Å²) in [7, 11) is 0. The molecule has 36 heavy (non-hydrogen) atoms. The van der Waals surface area contributed by atoms with Crippen molar-refractivity contribution < 1.29 is 9.47 Å². The van der Waals surface area contributed by atoms with Crippen molar-refractivity contribution in [1.29, 1.82) is 0 Å². The van der Waals surface area contributed by atoms with E-state index in [4.69, 9.17) is 9.47 Å². The molecule has 0 aliphatic carbocycles. The highest BCUT2D eigenvalue weighted by Gasteiger charge is 2.40. The van der Waals surface area contributed by atoms with E-state index in [1.54, 1.807) is 11.5 Å². The predicted molar refractivity (Wildman–Crippen MR) is 139 cm³/mol. The van der Waals surface area contributed by atoms with E-state index < -0.39 is 5.69 Å². The van der Waals surface area contributed by atoms with E-state index in [2.05, 4.69) is 39.0 Å². The van der Waals surface area contributed by atoms with Crippen LogP contribution in [0, 0.1) is 6.92 Å². The van der Waals surface area contributed by atoms with Crippen LogP contribution in [-0.2, 0) is 29.2 Å². The minimum absolute atomic E-state index is 0.248. The average Bonchev–Trinajstić information content (AvgIpc) is 3.12. The van der Waals surface area contributed by atoms with Gasteiger partial charge in [0.1, 0.15) is 5.82 Å². The summed E-state index contributed by atoms with van der Waals surface area (Å²) in [6.45, 7) is 9.50. The second-order valence-electron chi connectivity index (χ2n) is 10.2. The number of piperidine rings is 1. The zero-order valence-electron chi connectivity index (χ0n) is 21.6. The number of nitrogens with zero attached hydrogens (tertiary/aromatic N) is 5. The zero-order valence-corrected chi connectivity index (χ0v) is 21.6. The number of aromatic nitrogens is 3. The van der Waals surface area contributed by atoms with Crippen molar-refractivity contribution in [2.24, 2.45) is 0 Å². The molecule has 9 heteroatoms. The Hall–Kier alpha value is -2.49. The first-order valence-corrected chi connectivity index (χ1v) is 13.5. The molecule has 3 aliphatic rings. The Bertz CT molecular complexity index is 1140. The first-order chi connectivity index (χ1) is 17.5. The molecule has 2 bridgehead atoms. The van der Waals surface area contributed by atoms with Crippen LogP contribution < -0.4 is 16.3 Å². The summed E-state index contributed by atoms with van der Waals surface area (Å²) in [6.07, 6.45) is 5.54. The molecule has 5 rings (SSSR count). The number of fused-ring (bicyclic) bond motifs is 2. The van der Waals surface area contributed by atoms with E-state index in [1.807, 2.05) is 6.92 Å². The van der Waals surface area contributed by atoms with E-state index in [1.165, 1.54) is 28.7 Å². The summed E-state index contributed by atoms with van der Waals surface area (Å²) >= 11 is 0. The maximum Gasteiger partial charge on any atom is 0.353 e. The number of morpholine rings is 1. The SMILES string of the molecule is CCn1c(C)nc(=O)n(CCCN2C3CCC2CC(OCc2ccccc2N2CCOCC2)C3)c1=O. The van der Waals surface area contributed by atoms with Crippen molar-refractivity contribution in [2.45, 2.75) is 83.8 Å². The van der Waals surface area contributed by atoms with E-state index >= 15 is 0 Å². The fourth-order valence-electron chi connectivity index (χ4n) is 6.27. The van der Waals surface area contributed by atoms with Crippen molar-refractivity contribution in [1.82, 2.24) is 19.0 Å². The summed E-state index contributed by atoms with van der Waals surface area (Å²) in [4.78, 5) is 34.0. The average molecular weight is 498 g/mol. The first-order valence-electron chi connectivity index (χ1n) is 13.5. The molecule has 1 aromatic carbocycles. The summed E-state index contributed by atoms with van der Waals surface area (Å²) in [6, 6.07) is 9.61. The smallest absolute Gasteiger partial charge is 0.353 e. The normalized spacial score (nSPS) is 24.4. The summed E-state index contributed by atoms with van der Waals surface area (Å²) in [5.41, 5.74) is 1.84. The standard InChI is InChI=1S/C27H39N5O4/c1-3-30-20(2)28-26(33)32(27(30)34)12-6-11-31-22-9-10-23(31)18-24(17-22)36-19-21-7-4-5-8-25(21)29-13-15-35-16-14-29/h4-5,7-8,22-24H,3,6,9-19H2,1-2H3. The number of benzene rings is 1. The molecule has 3 fully saturated rings. The van der Waals surface area contributed by atoms with Crippen LogP contribution in [0.15, 0.2) is 33.9 Å². The van der Waals surface area contributed by atoms with Gasteiger partial charge in [-0.3, -0.25) is 9.47 Å². The molecule has 1 aromatic heterocycles.